The Morgan fingerprint density at radius 2 is 0.738 bits per heavy atom. The number of aromatic nitrogens is 4. The van der Waals surface area contributed by atoms with Crippen LogP contribution in [0.5, 0.6) is 0 Å². The fourth-order valence-electron chi connectivity index (χ4n) is 7.58. The Morgan fingerprint density at radius 1 is 0.443 bits per heavy atom. The molecule has 6 nitrogen and oxygen atoms in total. The van der Waals surface area contributed by atoms with Crippen molar-refractivity contribution in [3.63, 3.8) is 0 Å². The first-order valence-corrected chi connectivity index (χ1v) is 20.7. The summed E-state index contributed by atoms with van der Waals surface area (Å²) in [5.74, 6) is 0. The molecule has 0 saturated heterocycles. The average Bonchev–Trinajstić information content (AvgIpc) is 4.00. The minimum absolute atomic E-state index is 0. The van der Waals surface area contributed by atoms with Crippen molar-refractivity contribution in [2.45, 2.75) is 105 Å². The number of hydrogen-bond acceptors (Lipinski definition) is 4. The second-order valence-electron chi connectivity index (χ2n) is 20.0. The fourth-order valence-corrected chi connectivity index (χ4v) is 7.58. The van der Waals surface area contributed by atoms with Crippen molar-refractivity contribution in [2.75, 3.05) is 0 Å². The Balaban J connectivity index is 0.00000622. The molecule has 7 heteroatoms. The van der Waals surface area contributed by atoms with Crippen molar-refractivity contribution in [1.29, 1.82) is 10.5 Å². The van der Waals surface area contributed by atoms with Crippen LogP contribution in [0.1, 0.15) is 139 Å². The van der Waals surface area contributed by atoms with Gasteiger partial charge < -0.3 is 9.97 Å². The Morgan fingerprint density at radius 3 is 1.03 bits per heavy atom. The average molecular weight is 846 g/mol. The van der Waals surface area contributed by atoms with E-state index in [4.69, 9.17) is 19.9 Å². The molecule has 0 saturated carbocycles. The molecular formula is C54H54N6Ni. The van der Waals surface area contributed by atoms with Gasteiger partial charge in [-0.2, -0.15) is 10.5 Å². The van der Waals surface area contributed by atoms with E-state index in [2.05, 4.69) is 132 Å². The molecule has 61 heavy (non-hydrogen) atoms. The van der Waals surface area contributed by atoms with Gasteiger partial charge in [-0.05, 0) is 114 Å². The maximum absolute atomic E-state index is 9.78. The molecule has 0 fully saturated rings. The number of nitrogens with zero attached hydrogens (tertiary/aromatic N) is 6. The van der Waals surface area contributed by atoms with Crippen LogP contribution in [0.3, 0.4) is 0 Å². The van der Waals surface area contributed by atoms with Gasteiger partial charge in [-0.1, -0.05) is 144 Å². The van der Waals surface area contributed by atoms with Crippen LogP contribution in [0.2, 0.25) is 0 Å². The number of hydrogen-bond donors (Lipinski definition) is 0. The summed E-state index contributed by atoms with van der Waals surface area (Å²) in [6.45, 7) is 26.8. The molecule has 8 bridgehead atoms. The standard InChI is InChI=1S/C54H54N6.Ni/c1-51(2,3)35-27-33(28-36(31-35)52(4,5)6)49-45-21-17-41(57-45)39(15-13-25-55)43-19-23-47(59-43)50(34-29-37(53(7,8)9)32-38(30-34)54(10,11)12)48-24-20-44(60-48)40(16-14-26-56)42-18-22-46(49)58-42;/h13-24,27-32H,1-12H3;/q-2;+2/b15-13+,16-14+,41-39?,42-40?,43-39?,44-40?,49-45?,49-46?,50-47?,50-48?;. The van der Waals surface area contributed by atoms with E-state index in [0.29, 0.717) is 22.4 Å². The zero-order valence-electron chi connectivity index (χ0n) is 37.4. The third-order valence-electron chi connectivity index (χ3n) is 11.2. The summed E-state index contributed by atoms with van der Waals surface area (Å²) < 4.78 is 0. The van der Waals surface area contributed by atoms with Gasteiger partial charge in [-0.15, -0.1) is 22.1 Å². The Kier molecular flexibility index (Phi) is 12.0. The summed E-state index contributed by atoms with van der Waals surface area (Å²) in [7, 11) is 0. The van der Waals surface area contributed by atoms with Crippen LogP contribution in [-0.4, -0.2) is 9.97 Å². The summed E-state index contributed by atoms with van der Waals surface area (Å²) >= 11 is 0. The molecule has 5 aromatic rings. The molecule has 3 aromatic heterocycles. The van der Waals surface area contributed by atoms with Crippen LogP contribution in [0.25, 0.3) is 80.8 Å². The molecule has 0 N–H and O–H groups in total. The largest absolute Gasteiger partial charge is 2.00 e. The monoisotopic (exact) mass is 844 g/mol. The van der Waals surface area contributed by atoms with Crippen LogP contribution in [0.15, 0.2) is 72.8 Å². The first-order chi connectivity index (χ1) is 28.1. The molecule has 0 amide bonds. The predicted molar refractivity (Wildman–Crippen MR) is 252 cm³/mol. The zero-order chi connectivity index (χ0) is 43.4. The van der Waals surface area contributed by atoms with Gasteiger partial charge in [0.15, 0.2) is 0 Å². The summed E-state index contributed by atoms with van der Waals surface area (Å²) in [6.07, 6.45) is 14.7. The summed E-state index contributed by atoms with van der Waals surface area (Å²) in [5.41, 5.74) is 15.5. The van der Waals surface area contributed by atoms with E-state index in [9.17, 15) is 10.5 Å². The van der Waals surface area contributed by atoms with E-state index in [-0.39, 0.29) is 38.2 Å². The minimum Gasteiger partial charge on any atom is -0.657 e. The third kappa shape index (κ3) is 9.19. The van der Waals surface area contributed by atoms with Crippen molar-refractivity contribution >= 4 is 58.5 Å². The SMILES string of the molecule is CC(C)(C)c1cc(-c2c3nc(c(/C=C/C#N)c4ccc([n-]4)c(-c4cc(C(C)(C)C)cc(C(C)(C)C)c4)c4nc(c(/C=C/C#N)c5ccc2[n-]5)C=C4)C=C3)cc(C(C)(C)C)c1.[Ni+2]. The quantitative estimate of drug-likeness (QED) is 0.129. The van der Waals surface area contributed by atoms with Gasteiger partial charge in [0, 0.05) is 12.2 Å². The maximum Gasteiger partial charge on any atom is 2.00 e. The van der Waals surface area contributed by atoms with E-state index >= 15 is 0 Å². The number of nitriles is 2. The van der Waals surface area contributed by atoms with Crippen molar-refractivity contribution in [1.82, 2.24) is 19.9 Å². The Bertz CT molecular complexity index is 2660. The molecule has 2 aliphatic heterocycles. The summed E-state index contributed by atoms with van der Waals surface area (Å²) in [5, 5.41) is 19.6. The van der Waals surface area contributed by atoms with Crippen molar-refractivity contribution in [2.24, 2.45) is 0 Å². The second-order valence-corrected chi connectivity index (χ2v) is 20.0. The van der Waals surface area contributed by atoms with Crippen LogP contribution in [0, 0.1) is 22.7 Å². The first kappa shape index (κ1) is 44.5. The third-order valence-corrected chi connectivity index (χ3v) is 11.2. The van der Waals surface area contributed by atoms with Crippen molar-refractivity contribution < 1.29 is 16.5 Å². The van der Waals surface area contributed by atoms with Crippen LogP contribution in [0.4, 0.5) is 0 Å². The number of allylic oxidation sites excluding steroid dienone is 2. The molecule has 2 aliphatic rings. The number of benzene rings is 2. The fraction of sp³-hybridized carbons (Fsp3) is 0.296. The molecule has 0 radical (unpaired) electrons. The van der Waals surface area contributed by atoms with Crippen LogP contribution >= 0.6 is 0 Å². The normalized spacial score (nSPS) is 13.1. The molecular weight excluding hydrogens is 791 g/mol. The van der Waals surface area contributed by atoms with Gasteiger partial charge in [0.1, 0.15) is 0 Å². The first-order valence-electron chi connectivity index (χ1n) is 20.7. The van der Waals surface area contributed by atoms with E-state index < -0.39 is 0 Å². The van der Waals surface area contributed by atoms with E-state index in [0.717, 1.165) is 55.8 Å². The van der Waals surface area contributed by atoms with Crippen molar-refractivity contribution in [3.8, 4) is 34.4 Å². The van der Waals surface area contributed by atoms with Gasteiger partial charge >= 0.3 is 16.5 Å². The molecule has 0 atom stereocenters. The minimum atomic E-state index is -0.114. The second kappa shape index (κ2) is 16.5. The Hall–Kier alpha value is -6.01. The topological polar surface area (TPSA) is 102 Å². The van der Waals surface area contributed by atoms with E-state index in [1.165, 1.54) is 34.4 Å². The van der Waals surface area contributed by atoms with Gasteiger partial charge in [-0.3, -0.25) is 0 Å². The molecule has 5 heterocycles. The molecule has 0 unspecified atom stereocenters. The van der Waals surface area contributed by atoms with Crippen molar-refractivity contribution in [3.05, 3.63) is 129 Å². The number of rotatable bonds is 4. The zero-order valence-corrected chi connectivity index (χ0v) is 38.4. The number of fused-ring (bicyclic) bond motifs is 8. The van der Waals surface area contributed by atoms with Gasteiger partial charge in [0.05, 0.1) is 34.9 Å². The van der Waals surface area contributed by atoms with Gasteiger partial charge in [0.25, 0.3) is 0 Å². The molecule has 2 aromatic carbocycles. The molecule has 310 valence electrons. The molecule has 7 rings (SSSR count). The summed E-state index contributed by atoms with van der Waals surface area (Å²) in [4.78, 5) is 21.3. The van der Waals surface area contributed by atoms with Gasteiger partial charge in [-0.25, -0.2) is 9.97 Å². The Labute approximate surface area is 371 Å². The smallest absolute Gasteiger partial charge is 0.657 e. The molecule has 0 spiro atoms. The van der Waals surface area contributed by atoms with Gasteiger partial charge in [0.2, 0.25) is 0 Å². The maximum atomic E-state index is 9.78. The van der Waals surface area contributed by atoms with Crippen LogP contribution in [-0.2, 0) is 38.2 Å². The predicted octanol–water partition coefficient (Wildman–Crippen LogP) is 13.5. The van der Waals surface area contributed by atoms with E-state index in [1.54, 1.807) is 12.2 Å². The summed E-state index contributed by atoms with van der Waals surface area (Å²) in [6, 6.07) is 26.2. The van der Waals surface area contributed by atoms with E-state index in [1.807, 2.05) is 48.6 Å². The molecule has 0 aliphatic carbocycles. The van der Waals surface area contributed by atoms with Crippen LogP contribution < -0.4 is 9.97 Å².